The fraction of sp³-hybridized carbons (Fsp3) is 0.143. The minimum atomic E-state index is -0.515. The van der Waals surface area contributed by atoms with Gasteiger partial charge in [-0.25, -0.2) is 9.18 Å². The number of rotatable bonds is 9. The summed E-state index contributed by atoms with van der Waals surface area (Å²) in [6.07, 6.45) is 4.04. The molecule has 4 rings (SSSR count). The molecule has 1 aliphatic heterocycles. The number of allylic oxidation sites excluding steroid dienone is 1. The van der Waals surface area contributed by atoms with Gasteiger partial charge in [-0.2, -0.15) is 0 Å². The first kappa shape index (κ1) is 23.0. The topological polar surface area (TPSA) is 57.1 Å². The molecular weight excluding hydrogens is 433 g/mol. The van der Waals surface area contributed by atoms with E-state index in [9.17, 15) is 9.18 Å². The fourth-order valence-corrected chi connectivity index (χ4v) is 3.62. The lowest BCUT2D eigenvalue weighted by Gasteiger charge is -2.17. The van der Waals surface area contributed by atoms with Crippen molar-refractivity contribution in [3.63, 3.8) is 0 Å². The Kier molecular flexibility index (Phi) is 7.18. The van der Waals surface area contributed by atoms with Crippen molar-refractivity contribution in [2.45, 2.75) is 20.0 Å². The van der Waals surface area contributed by atoms with E-state index in [1.54, 1.807) is 24.3 Å². The van der Waals surface area contributed by atoms with Crippen molar-refractivity contribution >= 4 is 17.8 Å². The standard InChI is InChI=1S/C28H24FNO4/c1-3-8-22-15-20(16-24-26(30-34-28(24)31)21-9-6-5-7-10-21)17-25(32-4-2)27(22)33-18-19-11-13-23(29)14-12-19/h3,5-7,9-17H,1,4,8,18H2,2H3/b24-16-. The van der Waals surface area contributed by atoms with E-state index in [2.05, 4.69) is 11.7 Å². The van der Waals surface area contributed by atoms with Crippen LogP contribution >= 0.6 is 0 Å². The summed E-state index contributed by atoms with van der Waals surface area (Å²) < 4.78 is 25.2. The molecule has 0 saturated heterocycles. The predicted octanol–water partition coefficient (Wildman–Crippen LogP) is 5.88. The predicted molar refractivity (Wildman–Crippen MR) is 129 cm³/mol. The second kappa shape index (κ2) is 10.6. The molecule has 0 unspecified atom stereocenters. The SMILES string of the molecule is C=CCc1cc(/C=C2\C(=O)ON=C2c2ccccc2)cc(OCC)c1OCc1ccc(F)cc1. The Balaban J connectivity index is 1.70. The number of carbonyl (C=O) groups is 1. The molecular formula is C28H24FNO4. The van der Waals surface area contributed by atoms with E-state index < -0.39 is 5.97 Å². The van der Waals surface area contributed by atoms with Crippen molar-refractivity contribution in [2.24, 2.45) is 5.16 Å². The number of carbonyl (C=O) groups excluding carboxylic acids is 1. The average Bonchev–Trinajstić information content (AvgIpc) is 3.20. The van der Waals surface area contributed by atoms with Crippen molar-refractivity contribution in [1.29, 1.82) is 0 Å². The van der Waals surface area contributed by atoms with Gasteiger partial charge in [0, 0.05) is 11.1 Å². The largest absolute Gasteiger partial charge is 0.490 e. The van der Waals surface area contributed by atoms with Crippen LogP contribution in [-0.2, 0) is 22.7 Å². The molecule has 6 heteroatoms. The second-order valence-electron chi connectivity index (χ2n) is 7.59. The molecule has 0 radical (unpaired) electrons. The van der Waals surface area contributed by atoms with Crippen molar-refractivity contribution in [1.82, 2.24) is 0 Å². The summed E-state index contributed by atoms with van der Waals surface area (Å²) in [5.41, 5.74) is 4.04. The number of nitrogens with zero attached hydrogens (tertiary/aromatic N) is 1. The molecule has 34 heavy (non-hydrogen) atoms. The number of hydrogen-bond donors (Lipinski definition) is 0. The first-order valence-corrected chi connectivity index (χ1v) is 10.9. The van der Waals surface area contributed by atoms with Gasteiger partial charge in [0.15, 0.2) is 11.5 Å². The lowest BCUT2D eigenvalue weighted by atomic mass is 9.99. The van der Waals surface area contributed by atoms with Crippen LogP contribution in [0.5, 0.6) is 11.5 Å². The minimum Gasteiger partial charge on any atom is -0.490 e. The molecule has 1 heterocycles. The summed E-state index contributed by atoms with van der Waals surface area (Å²) in [5, 5.41) is 3.97. The van der Waals surface area contributed by atoms with E-state index in [1.807, 2.05) is 49.4 Å². The Morgan fingerprint density at radius 1 is 1.06 bits per heavy atom. The van der Waals surface area contributed by atoms with Gasteiger partial charge >= 0.3 is 5.97 Å². The number of oxime groups is 1. The van der Waals surface area contributed by atoms with Crippen molar-refractivity contribution < 1.29 is 23.5 Å². The highest BCUT2D eigenvalue weighted by atomic mass is 19.1. The first-order valence-electron chi connectivity index (χ1n) is 10.9. The molecule has 0 aromatic heterocycles. The van der Waals surface area contributed by atoms with Gasteiger partial charge in [0.2, 0.25) is 0 Å². The second-order valence-corrected chi connectivity index (χ2v) is 7.59. The number of halogens is 1. The molecule has 0 aliphatic carbocycles. The highest BCUT2D eigenvalue weighted by Crippen LogP contribution is 2.36. The van der Waals surface area contributed by atoms with E-state index in [4.69, 9.17) is 14.3 Å². The normalized spacial score (nSPS) is 14.0. The summed E-state index contributed by atoms with van der Waals surface area (Å²) in [4.78, 5) is 17.4. The summed E-state index contributed by atoms with van der Waals surface area (Å²) in [6.45, 7) is 6.42. The molecule has 0 spiro atoms. The smallest absolute Gasteiger partial charge is 0.368 e. The van der Waals surface area contributed by atoms with Crippen LogP contribution in [-0.4, -0.2) is 18.3 Å². The zero-order chi connectivity index (χ0) is 23.9. The third kappa shape index (κ3) is 5.23. The molecule has 0 fully saturated rings. The molecule has 3 aromatic carbocycles. The number of benzene rings is 3. The van der Waals surface area contributed by atoms with Crippen molar-refractivity contribution in [3.8, 4) is 11.5 Å². The molecule has 1 aliphatic rings. The summed E-state index contributed by atoms with van der Waals surface area (Å²) in [6, 6.07) is 19.3. The van der Waals surface area contributed by atoms with Gasteiger partial charge in [-0.05, 0) is 54.8 Å². The van der Waals surface area contributed by atoms with E-state index in [-0.39, 0.29) is 12.4 Å². The summed E-state index contributed by atoms with van der Waals surface area (Å²) in [7, 11) is 0. The van der Waals surface area contributed by atoms with Gasteiger partial charge in [-0.3, -0.25) is 0 Å². The molecule has 0 N–H and O–H groups in total. The Hall–Kier alpha value is -4.19. The summed E-state index contributed by atoms with van der Waals surface area (Å²) in [5.74, 6) is 0.311. The quantitative estimate of drug-likeness (QED) is 0.229. The maximum Gasteiger partial charge on any atom is 0.368 e. The van der Waals surface area contributed by atoms with Crippen LogP contribution in [0.25, 0.3) is 6.08 Å². The van der Waals surface area contributed by atoms with Crippen LogP contribution in [0.15, 0.2) is 90.1 Å². The van der Waals surface area contributed by atoms with Gasteiger partial charge in [0.25, 0.3) is 0 Å². The first-order chi connectivity index (χ1) is 16.6. The maximum absolute atomic E-state index is 13.2. The highest BCUT2D eigenvalue weighted by molar-refractivity contribution is 6.31. The Labute approximate surface area is 197 Å². The number of hydrogen-bond acceptors (Lipinski definition) is 5. The van der Waals surface area contributed by atoms with Gasteiger partial charge in [-0.1, -0.05) is 53.7 Å². The van der Waals surface area contributed by atoms with E-state index in [0.717, 1.165) is 22.3 Å². The third-order valence-corrected chi connectivity index (χ3v) is 5.17. The van der Waals surface area contributed by atoms with Crippen molar-refractivity contribution in [2.75, 3.05) is 6.61 Å². The highest BCUT2D eigenvalue weighted by Gasteiger charge is 2.27. The maximum atomic E-state index is 13.2. The van der Waals surface area contributed by atoms with Gasteiger partial charge in [0.1, 0.15) is 18.1 Å². The van der Waals surface area contributed by atoms with Crippen LogP contribution in [0, 0.1) is 5.82 Å². The monoisotopic (exact) mass is 457 g/mol. The zero-order valence-electron chi connectivity index (χ0n) is 18.8. The third-order valence-electron chi connectivity index (χ3n) is 5.17. The zero-order valence-corrected chi connectivity index (χ0v) is 18.8. The lowest BCUT2D eigenvalue weighted by Crippen LogP contribution is -2.07. The van der Waals surface area contributed by atoms with Crippen LogP contribution in [0.3, 0.4) is 0 Å². The molecule has 0 atom stereocenters. The van der Waals surface area contributed by atoms with Crippen LogP contribution in [0.4, 0.5) is 4.39 Å². The van der Waals surface area contributed by atoms with Crippen molar-refractivity contribution in [3.05, 3.63) is 113 Å². The Morgan fingerprint density at radius 3 is 2.53 bits per heavy atom. The van der Waals surface area contributed by atoms with E-state index >= 15 is 0 Å². The summed E-state index contributed by atoms with van der Waals surface area (Å²) >= 11 is 0. The minimum absolute atomic E-state index is 0.252. The molecule has 0 saturated carbocycles. The molecule has 3 aromatic rings. The van der Waals surface area contributed by atoms with E-state index in [0.29, 0.717) is 35.8 Å². The van der Waals surface area contributed by atoms with Gasteiger partial charge in [-0.15, -0.1) is 6.58 Å². The van der Waals surface area contributed by atoms with Gasteiger partial charge in [0.05, 0.1) is 12.2 Å². The number of ether oxygens (including phenoxy) is 2. The lowest BCUT2D eigenvalue weighted by molar-refractivity contribution is -0.136. The molecule has 0 amide bonds. The van der Waals surface area contributed by atoms with Crippen LogP contribution in [0.1, 0.15) is 29.2 Å². The Morgan fingerprint density at radius 2 is 1.82 bits per heavy atom. The van der Waals surface area contributed by atoms with Crippen LogP contribution in [0.2, 0.25) is 0 Å². The average molecular weight is 458 g/mol. The van der Waals surface area contributed by atoms with E-state index in [1.165, 1.54) is 12.1 Å². The molecule has 0 bridgehead atoms. The molecule has 5 nitrogen and oxygen atoms in total. The Bertz CT molecular complexity index is 1250. The fourth-order valence-electron chi connectivity index (χ4n) is 3.62. The van der Waals surface area contributed by atoms with Gasteiger partial charge < -0.3 is 14.3 Å². The molecule has 172 valence electrons. The van der Waals surface area contributed by atoms with Crippen LogP contribution < -0.4 is 9.47 Å².